The summed E-state index contributed by atoms with van der Waals surface area (Å²) in [6.07, 6.45) is 4.50. The molecule has 0 aliphatic carbocycles. The van der Waals surface area contributed by atoms with Crippen LogP contribution in [0.25, 0.3) is 0 Å². The van der Waals surface area contributed by atoms with Crippen LogP contribution in [0.2, 0.25) is 0 Å². The minimum atomic E-state index is 0.461. The average Bonchev–Trinajstić information content (AvgIpc) is 2.91. The maximum absolute atomic E-state index is 6.05. The third-order valence-electron chi connectivity index (χ3n) is 6.48. The number of hydrogen-bond acceptors (Lipinski definition) is 2. The fraction of sp³-hybridized carbons (Fsp3) is 0.273. The first-order valence-electron chi connectivity index (χ1n) is 12.8. The Bertz CT molecular complexity index is 1110. The zero-order valence-electron chi connectivity index (χ0n) is 20.8. The second-order valence-electron chi connectivity index (χ2n) is 9.55. The molecule has 0 bridgehead atoms. The summed E-state index contributed by atoms with van der Waals surface area (Å²) in [7, 11) is 0. The van der Waals surface area contributed by atoms with Gasteiger partial charge in [-0.1, -0.05) is 110 Å². The predicted octanol–water partition coefficient (Wildman–Crippen LogP) is 7.63. The van der Waals surface area contributed by atoms with Crippen LogP contribution in [0.1, 0.15) is 42.0 Å². The highest BCUT2D eigenvalue weighted by Crippen LogP contribution is 2.19. The maximum Gasteiger partial charge on any atom is 0.120 e. The lowest BCUT2D eigenvalue weighted by Gasteiger charge is -2.23. The van der Waals surface area contributed by atoms with Crippen LogP contribution in [0.4, 0.5) is 0 Å². The number of hydrogen-bond donors (Lipinski definition) is 1. The summed E-state index contributed by atoms with van der Waals surface area (Å²) in [6, 6.07) is 40.9. The van der Waals surface area contributed by atoms with Gasteiger partial charge in [0.1, 0.15) is 12.4 Å². The average molecular weight is 464 g/mol. The van der Waals surface area contributed by atoms with E-state index in [1.54, 1.807) is 0 Å². The van der Waals surface area contributed by atoms with Crippen molar-refractivity contribution in [1.29, 1.82) is 0 Å². The lowest BCUT2D eigenvalue weighted by molar-refractivity contribution is 0.305. The molecular formula is C33H37NO. The Hall–Kier alpha value is -3.36. The van der Waals surface area contributed by atoms with E-state index < -0.39 is 0 Å². The molecule has 35 heavy (non-hydrogen) atoms. The number of rotatable bonds is 13. The van der Waals surface area contributed by atoms with Gasteiger partial charge in [-0.05, 0) is 66.0 Å². The maximum atomic E-state index is 6.05. The van der Waals surface area contributed by atoms with Crippen molar-refractivity contribution < 1.29 is 4.74 Å². The van der Waals surface area contributed by atoms with Crippen molar-refractivity contribution in [2.45, 2.75) is 51.8 Å². The Kier molecular flexibility index (Phi) is 9.55. The van der Waals surface area contributed by atoms with E-state index in [2.05, 4.69) is 103 Å². The van der Waals surface area contributed by atoms with Crippen LogP contribution in [0.15, 0.2) is 115 Å². The third-order valence-corrected chi connectivity index (χ3v) is 6.48. The molecule has 180 valence electrons. The molecule has 0 aliphatic rings. The van der Waals surface area contributed by atoms with Crippen LogP contribution >= 0.6 is 0 Å². The Morgan fingerprint density at radius 3 is 1.94 bits per heavy atom. The Balaban J connectivity index is 1.34. The van der Waals surface area contributed by atoms with Crippen LogP contribution in [-0.2, 0) is 26.0 Å². The van der Waals surface area contributed by atoms with Gasteiger partial charge in [-0.3, -0.25) is 0 Å². The van der Waals surface area contributed by atoms with Crippen molar-refractivity contribution in [3.63, 3.8) is 0 Å². The summed E-state index contributed by atoms with van der Waals surface area (Å²) >= 11 is 0. The van der Waals surface area contributed by atoms with E-state index in [1.807, 2.05) is 24.3 Å². The van der Waals surface area contributed by atoms with E-state index in [9.17, 15) is 0 Å². The van der Waals surface area contributed by atoms with Crippen LogP contribution in [0, 0.1) is 5.92 Å². The molecule has 0 fully saturated rings. The lowest BCUT2D eigenvalue weighted by Crippen LogP contribution is -2.31. The van der Waals surface area contributed by atoms with Crippen LogP contribution in [0.5, 0.6) is 5.75 Å². The first-order valence-corrected chi connectivity index (χ1v) is 12.8. The molecule has 4 aromatic rings. The summed E-state index contributed by atoms with van der Waals surface area (Å²) in [5.41, 5.74) is 5.27. The minimum absolute atomic E-state index is 0.461. The van der Waals surface area contributed by atoms with Crippen LogP contribution in [-0.4, -0.2) is 6.04 Å². The van der Waals surface area contributed by atoms with Gasteiger partial charge in [-0.15, -0.1) is 0 Å². The molecule has 0 aromatic heterocycles. The van der Waals surface area contributed by atoms with Gasteiger partial charge < -0.3 is 10.1 Å². The van der Waals surface area contributed by atoms with E-state index in [0.717, 1.165) is 38.0 Å². The standard InChI is InChI=1S/C33H37NO/c1-27(22-29-14-7-3-8-15-29)23-32(21-20-28-12-5-2-6-13-28)34-25-31-18-11-19-33(24-31)35-26-30-16-9-4-10-17-30/h2-19,24,27,32,34H,20-23,25-26H2,1H3/t27-,32-/m1/s1. The number of benzene rings is 4. The third kappa shape index (κ3) is 8.73. The molecule has 4 aromatic carbocycles. The van der Waals surface area contributed by atoms with Gasteiger partial charge in [-0.2, -0.15) is 0 Å². The topological polar surface area (TPSA) is 21.3 Å². The number of ether oxygens (including phenoxy) is 1. The highest BCUT2D eigenvalue weighted by atomic mass is 16.5. The monoisotopic (exact) mass is 463 g/mol. The molecule has 0 radical (unpaired) electrons. The van der Waals surface area contributed by atoms with Gasteiger partial charge >= 0.3 is 0 Å². The molecule has 2 heteroatoms. The Labute approximate surface area is 211 Å². The Morgan fingerprint density at radius 2 is 1.26 bits per heavy atom. The molecular weight excluding hydrogens is 426 g/mol. The zero-order chi connectivity index (χ0) is 24.1. The molecule has 2 nitrogen and oxygen atoms in total. The highest BCUT2D eigenvalue weighted by molar-refractivity contribution is 5.29. The molecule has 0 amide bonds. The molecule has 0 unspecified atom stereocenters. The molecule has 4 rings (SSSR count). The van der Waals surface area contributed by atoms with Crippen LogP contribution in [0.3, 0.4) is 0 Å². The number of nitrogens with one attached hydrogen (secondary N) is 1. The van der Waals surface area contributed by atoms with Crippen molar-refractivity contribution in [1.82, 2.24) is 5.32 Å². The molecule has 0 spiro atoms. The zero-order valence-corrected chi connectivity index (χ0v) is 20.8. The van der Waals surface area contributed by atoms with E-state index in [0.29, 0.717) is 18.6 Å². The summed E-state index contributed by atoms with van der Waals surface area (Å²) in [5, 5.41) is 3.87. The second kappa shape index (κ2) is 13.5. The van der Waals surface area contributed by atoms with E-state index in [1.165, 1.54) is 22.3 Å². The first-order chi connectivity index (χ1) is 17.2. The quantitative estimate of drug-likeness (QED) is 0.220. The molecule has 0 saturated heterocycles. The first kappa shape index (κ1) is 24.8. The van der Waals surface area contributed by atoms with Gasteiger partial charge in [0.05, 0.1) is 0 Å². The summed E-state index contributed by atoms with van der Waals surface area (Å²) in [6.45, 7) is 3.82. The van der Waals surface area contributed by atoms with Gasteiger partial charge in [0.2, 0.25) is 0 Å². The Morgan fingerprint density at radius 1 is 0.657 bits per heavy atom. The van der Waals surface area contributed by atoms with E-state index in [-0.39, 0.29) is 0 Å². The lowest BCUT2D eigenvalue weighted by atomic mass is 9.91. The van der Waals surface area contributed by atoms with Crippen molar-refractivity contribution >= 4 is 0 Å². The van der Waals surface area contributed by atoms with Crippen molar-refractivity contribution in [3.05, 3.63) is 138 Å². The van der Waals surface area contributed by atoms with E-state index in [4.69, 9.17) is 4.74 Å². The molecule has 1 N–H and O–H groups in total. The highest BCUT2D eigenvalue weighted by Gasteiger charge is 2.14. The molecule has 0 heterocycles. The normalized spacial score (nSPS) is 12.7. The summed E-state index contributed by atoms with van der Waals surface area (Å²) in [4.78, 5) is 0. The van der Waals surface area contributed by atoms with Gasteiger partial charge in [0.25, 0.3) is 0 Å². The summed E-state index contributed by atoms with van der Waals surface area (Å²) in [5.74, 6) is 1.54. The van der Waals surface area contributed by atoms with Crippen molar-refractivity contribution in [2.75, 3.05) is 0 Å². The van der Waals surface area contributed by atoms with E-state index >= 15 is 0 Å². The fourth-order valence-corrected chi connectivity index (χ4v) is 4.62. The van der Waals surface area contributed by atoms with Gasteiger partial charge in [0, 0.05) is 12.6 Å². The molecule has 2 atom stereocenters. The van der Waals surface area contributed by atoms with Gasteiger partial charge in [-0.25, -0.2) is 0 Å². The van der Waals surface area contributed by atoms with Crippen LogP contribution < -0.4 is 10.1 Å². The largest absolute Gasteiger partial charge is 0.489 e. The van der Waals surface area contributed by atoms with Crippen molar-refractivity contribution in [2.24, 2.45) is 5.92 Å². The molecule has 0 aliphatic heterocycles. The number of aryl methyl sites for hydroxylation is 1. The molecule has 0 saturated carbocycles. The van der Waals surface area contributed by atoms with Crippen molar-refractivity contribution in [3.8, 4) is 5.75 Å². The smallest absolute Gasteiger partial charge is 0.120 e. The minimum Gasteiger partial charge on any atom is -0.489 e. The van der Waals surface area contributed by atoms with Gasteiger partial charge in [0.15, 0.2) is 0 Å². The SMILES string of the molecule is C[C@H](Cc1ccccc1)C[C@@H](CCc1ccccc1)NCc1cccc(OCc2ccccc2)c1. The predicted molar refractivity (Wildman–Crippen MR) is 147 cm³/mol. The second-order valence-corrected chi connectivity index (χ2v) is 9.55. The summed E-state index contributed by atoms with van der Waals surface area (Å²) < 4.78 is 6.05. The fourth-order valence-electron chi connectivity index (χ4n) is 4.62.